The van der Waals surface area contributed by atoms with Gasteiger partial charge in [0.2, 0.25) is 0 Å². The number of hydrogen-bond donors (Lipinski definition) is 1. The molecule has 1 unspecified atom stereocenters. The van der Waals surface area contributed by atoms with Gasteiger partial charge in [-0.1, -0.05) is 0 Å². The smallest absolute Gasteiger partial charge is 0.341 e. The molecule has 0 radical (unpaired) electrons. The molecule has 2 aromatic heterocycles. The van der Waals surface area contributed by atoms with Crippen molar-refractivity contribution in [1.29, 1.82) is 0 Å². The lowest BCUT2D eigenvalue weighted by Crippen LogP contribution is -2.32. The van der Waals surface area contributed by atoms with Crippen LogP contribution in [0.5, 0.6) is 5.75 Å². The van der Waals surface area contributed by atoms with Crippen LogP contribution in [0.3, 0.4) is 0 Å². The van der Waals surface area contributed by atoms with Crippen molar-refractivity contribution in [2.45, 2.75) is 26.5 Å². The van der Waals surface area contributed by atoms with E-state index >= 15 is 0 Å². The summed E-state index contributed by atoms with van der Waals surface area (Å²) in [7, 11) is 0. The van der Waals surface area contributed by atoms with Gasteiger partial charge in [-0.05, 0) is 37.6 Å². The minimum atomic E-state index is -1.22. The normalized spacial score (nSPS) is 11.9. The lowest BCUT2D eigenvalue weighted by molar-refractivity contribution is 0.0692. The van der Waals surface area contributed by atoms with Gasteiger partial charge < -0.3 is 14.4 Å². The second-order valence-corrected chi connectivity index (χ2v) is 4.75. The minimum absolute atomic E-state index is 0.203. The minimum Gasteiger partial charge on any atom is -0.487 e. The number of rotatable bonds is 5. The van der Waals surface area contributed by atoms with E-state index in [9.17, 15) is 9.59 Å². The molecule has 0 aliphatic carbocycles. The summed E-state index contributed by atoms with van der Waals surface area (Å²) < 4.78 is 6.98. The Hall–Kier alpha value is -2.63. The summed E-state index contributed by atoms with van der Waals surface area (Å²) >= 11 is 0. The first-order valence-electron chi connectivity index (χ1n) is 6.49. The van der Waals surface area contributed by atoms with Crippen LogP contribution in [0.4, 0.5) is 0 Å². The average molecular weight is 288 g/mol. The van der Waals surface area contributed by atoms with Crippen LogP contribution in [-0.4, -0.2) is 26.7 Å². The Bertz CT molecular complexity index is 695. The molecule has 6 heteroatoms. The van der Waals surface area contributed by atoms with Crippen molar-refractivity contribution >= 4 is 5.97 Å². The van der Waals surface area contributed by atoms with E-state index in [-0.39, 0.29) is 18.2 Å². The standard InChI is InChI=1S/C15H16N2O4/c1-10-5-7-17(14(18)13(10)15(19)20)9-11(2)21-12-4-3-6-16-8-12/h3-8,11H,9H2,1-2H3,(H,19,20). The van der Waals surface area contributed by atoms with E-state index in [0.29, 0.717) is 11.3 Å². The summed E-state index contributed by atoms with van der Waals surface area (Å²) in [4.78, 5) is 27.2. The monoisotopic (exact) mass is 288 g/mol. The van der Waals surface area contributed by atoms with Crippen LogP contribution in [0.15, 0.2) is 41.6 Å². The summed E-state index contributed by atoms with van der Waals surface area (Å²) in [6.45, 7) is 3.67. The van der Waals surface area contributed by atoms with E-state index < -0.39 is 11.5 Å². The Morgan fingerprint density at radius 3 is 2.86 bits per heavy atom. The Morgan fingerprint density at radius 2 is 2.24 bits per heavy atom. The molecule has 21 heavy (non-hydrogen) atoms. The van der Waals surface area contributed by atoms with Gasteiger partial charge >= 0.3 is 5.97 Å². The van der Waals surface area contributed by atoms with Crippen LogP contribution in [0.1, 0.15) is 22.8 Å². The number of aromatic nitrogens is 2. The molecule has 6 nitrogen and oxygen atoms in total. The predicted molar refractivity (Wildman–Crippen MR) is 76.7 cm³/mol. The molecule has 0 saturated heterocycles. The topological polar surface area (TPSA) is 81.4 Å². The zero-order chi connectivity index (χ0) is 15.4. The molecule has 0 saturated carbocycles. The van der Waals surface area contributed by atoms with Gasteiger partial charge in [0.15, 0.2) is 0 Å². The zero-order valence-electron chi connectivity index (χ0n) is 11.8. The summed E-state index contributed by atoms with van der Waals surface area (Å²) in [5, 5.41) is 9.09. The lowest BCUT2D eigenvalue weighted by atomic mass is 10.1. The molecule has 0 aliphatic rings. The number of carboxylic acids is 1. The van der Waals surface area contributed by atoms with E-state index in [4.69, 9.17) is 9.84 Å². The van der Waals surface area contributed by atoms with Gasteiger partial charge in [0.25, 0.3) is 5.56 Å². The number of pyridine rings is 2. The maximum absolute atomic E-state index is 12.1. The second kappa shape index (κ2) is 6.21. The van der Waals surface area contributed by atoms with Gasteiger partial charge in [0, 0.05) is 12.4 Å². The van der Waals surface area contributed by atoms with E-state index in [0.717, 1.165) is 0 Å². The Balaban J connectivity index is 2.18. The van der Waals surface area contributed by atoms with Crippen LogP contribution in [0.25, 0.3) is 0 Å². The summed E-state index contributed by atoms with van der Waals surface area (Å²) in [6, 6.07) is 5.13. The molecule has 0 aromatic carbocycles. The van der Waals surface area contributed by atoms with Crippen LogP contribution in [-0.2, 0) is 6.54 Å². The molecule has 2 heterocycles. The number of ether oxygens (including phenoxy) is 1. The molecular formula is C15H16N2O4. The molecule has 110 valence electrons. The molecule has 0 bridgehead atoms. The maximum atomic E-state index is 12.1. The van der Waals surface area contributed by atoms with Crippen molar-refractivity contribution in [3.63, 3.8) is 0 Å². The SMILES string of the molecule is Cc1ccn(CC(C)Oc2cccnc2)c(=O)c1C(=O)O. The first kappa shape index (κ1) is 14.8. The van der Waals surface area contributed by atoms with Gasteiger partial charge in [0.05, 0.1) is 12.7 Å². The molecule has 0 aliphatic heterocycles. The predicted octanol–water partition coefficient (Wildman–Crippen LogP) is 1.72. The number of aryl methyl sites for hydroxylation is 1. The lowest BCUT2D eigenvalue weighted by Gasteiger charge is -2.16. The van der Waals surface area contributed by atoms with Gasteiger partial charge in [-0.2, -0.15) is 0 Å². The van der Waals surface area contributed by atoms with Gasteiger partial charge in [-0.3, -0.25) is 9.78 Å². The van der Waals surface area contributed by atoms with Crippen molar-refractivity contribution in [2.75, 3.05) is 0 Å². The second-order valence-electron chi connectivity index (χ2n) is 4.75. The quantitative estimate of drug-likeness (QED) is 0.906. The van der Waals surface area contributed by atoms with Gasteiger partial charge in [-0.15, -0.1) is 0 Å². The van der Waals surface area contributed by atoms with Gasteiger partial charge in [-0.25, -0.2) is 4.79 Å². The first-order chi connectivity index (χ1) is 9.99. The van der Waals surface area contributed by atoms with Crippen molar-refractivity contribution in [1.82, 2.24) is 9.55 Å². The fourth-order valence-corrected chi connectivity index (χ4v) is 2.03. The molecule has 2 rings (SSSR count). The first-order valence-corrected chi connectivity index (χ1v) is 6.49. The number of aromatic carboxylic acids is 1. The number of nitrogens with zero attached hydrogens (tertiary/aromatic N) is 2. The zero-order valence-corrected chi connectivity index (χ0v) is 11.8. The largest absolute Gasteiger partial charge is 0.487 e. The Labute approximate surface area is 121 Å². The van der Waals surface area contributed by atoms with Crippen LogP contribution >= 0.6 is 0 Å². The maximum Gasteiger partial charge on any atom is 0.341 e. The van der Waals surface area contributed by atoms with Crippen molar-refractivity contribution in [3.8, 4) is 5.75 Å². The fourth-order valence-electron chi connectivity index (χ4n) is 2.03. The molecule has 0 amide bonds. The number of carbonyl (C=O) groups is 1. The molecule has 0 spiro atoms. The van der Waals surface area contributed by atoms with E-state index in [2.05, 4.69) is 4.98 Å². The summed E-state index contributed by atoms with van der Waals surface area (Å²) in [6.07, 6.45) is 4.50. The molecule has 1 N–H and O–H groups in total. The van der Waals surface area contributed by atoms with E-state index in [1.165, 1.54) is 4.57 Å². The third kappa shape index (κ3) is 3.47. The summed E-state index contributed by atoms with van der Waals surface area (Å²) in [5.41, 5.74) is -0.278. The molecule has 1 atom stereocenters. The third-order valence-electron chi connectivity index (χ3n) is 3.01. The third-order valence-corrected chi connectivity index (χ3v) is 3.01. The van der Waals surface area contributed by atoms with E-state index in [1.54, 1.807) is 50.6 Å². The Kier molecular flexibility index (Phi) is 4.37. The highest BCUT2D eigenvalue weighted by Gasteiger charge is 2.15. The molecule has 0 fully saturated rings. The van der Waals surface area contributed by atoms with Crippen molar-refractivity contribution in [3.05, 3.63) is 58.3 Å². The fraction of sp³-hybridized carbons (Fsp3) is 0.267. The van der Waals surface area contributed by atoms with E-state index in [1.807, 2.05) is 0 Å². The number of hydrogen-bond acceptors (Lipinski definition) is 4. The van der Waals surface area contributed by atoms with Crippen LogP contribution in [0, 0.1) is 6.92 Å². The molecule has 2 aromatic rings. The van der Waals surface area contributed by atoms with Crippen LogP contribution < -0.4 is 10.3 Å². The summed E-state index contributed by atoms with van der Waals surface area (Å²) in [5.74, 6) is -0.615. The van der Waals surface area contributed by atoms with Crippen molar-refractivity contribution < 1.29 is 14.6 Å². The average Bonchev–Trinajstić information content (AvgIpc) is 2.43. The Morgan fingerprint density at radius 1 is 1.48 bits per heavy atom. The highest BCUT2D eigenvalue weighted by molar-refractivity contribution is 5.88. The van der Waals surface area contributed by atoms with Crippen LogP contribution in [0.2, 0.25) is 0 Å². The highest BCUT2D eigenvalue weighted by Crippen LogP contribution is 2.10. The van der Waals surface area contributed by atoms with Gasteiger partial charge in [0.1, 0.15) is 17.4 Å². The number of carboxylic acid groups (broad SMARTS) is 1. The highest BCUT2D eigenvalue weighted by atomic mass is 16.5. The van der Waals surface area contributed by atoms with Crippen molar-refractivity contribution in [2.24, 2.45) is 0 Å². The molecular weight excluding hydrogens is 272 g/mol.